The first kappa shape index (κ1) is 89.4. The number of carbonyl (C=O) groups is 4. The number of carbonyl (C=O) groups excluding carboxylic acids is 4. The number of anilines is 2. The summed E-state index contributed by atoms with van der Waals surface area (Å²) in [4.78, 5) is 82.3. The Bertz CT molecular complexity index is 8200. The molecule has 25 rings (SSSR count). The lowest BCUT2D eigenvalue weighted by molar-refractivity contribution is 0.0757. The second-order valence-corrected chi connectivity index (χ2v) is 37.0. The molecule has 11 aromatic carbocycles. The molecular weight excluding hydrogens is 1790 g/mol. The van der Waals surface area contributed by atoms with Gasteiger partial charge in [0.05, 0.1) is 80.7 Å². The third kappa shape index (κ3) is 18.7. The first-order chi connectivity index (χ1) is 68.1. The number of aryl methyl sites for hydroxylation is 2. The Morgan fingerprint density at radius 1 is 0.393 bits per heavy atom. The lowest BCUT2D eigenvalue weighted by atomic mass is 9.99. The molecule has 140 heavy (non-hydrogen) atoms. The molecule has 23 nitrogen and oxygen atoms in total. The van der Waals surface area contributed by atoms with E-state index in [1.165, 1.54) is 46.2 Å². The van der Waals surface area contributed by atoms with Crippen molar-refractivity contribution < 1.29 is 45.2 Å². The monoisotopic (exact) mass is 1870 g/mol. The SMILES string of the molecule is Cn1cc2cc(-c3ccc(CN4Cc5ncncc5C4=O)c(F)c3)ccc2n1.Cn1cc2cc(Nc3ccc(CN4Cc5ncccc5C4=O)c(F)c3)ccc2n1.O=C1c2ccccc2CN1Cc1ccc(-c2ccc3c(c2)CC=C3)cc1F.O=C1c2cccnc2CN1Cc1ccc(-c2ccc3nccn3c2)cc1F.O=S1(=O)c2ccccc2CN1Cc1ccc(C2=CCC(c3ccccc3)=N2)cc1. The lowest BCUT2D eigenvalue weighted by Gasteiger charge is -2.17. The summed E-state index contributed by atoms with van der Waals surface area (Å²) in [7, 11) is 0.340. The Labute approximate surface area is 802 Å². The van der Waals surface area contributed by atoms with E-state index >= 15 is 0 Å². The van der Waals surface area contributed by atoms with E-state index in [2.05, 4.69) is 82.9 Å². The Morgan fingerprint density at radius 2 is 0.900 bits per heavy atom. The standard InChI is InChI=1S/C24H18FNO.C24H20N2O2S.C22H18FN5O.C21H16FN5O.C21H15FN4O/c25-23-13-19(18-9-8-16-5-3-6-17(16)12-18)10-11-21(23)15-26-14-20-4-1-2-7-22(20)24(26)27;27-29(28)24-9-5-4-8-21(24)17-26(29)16-18-10-12-20(13-11-18)23-15-14-22(25-23)19-6-2-1-3-7-19;1-27-11-15-9-16(6-7-20(15)26-27)25-17-5-4-14(19(23)10-17)12-28-13-21-18(22(28)29)3-2-8-24-21;1-26-9-16-6-13(4-5-19(16)25-26)14-2-3-15(18(22)7-14)10-27-11-20-17(21(27)28)8-23-12-24-20;22-18-10-14(15-5-6-20-24-8-9-25(20)11-15)3-4-16(18)12-26-13-19-17(21(26)27)2-1-7-23-19/h1-5,7-13H,6,14-15H2;1-13,15H,14,16-17H2;2-11,25H,12-13H2,1H3;2-9,12H,10-11H2,1H3;1-11H,12-13H2. The highest BCUT2D eigenvalue weighted by Crippen LogP contribution is 2.38. The number of hydrogen-bond acceptors (Lipinski definition) is 15. The molecular formula is C112H87F4N17O6S. The molecule has 690 valence electrons. The average molecular weight is 1880 g/mol. The van der Waals surface area contributed by atoms with Gasteiger partial charge in [0.2, 0.25) is 10.0 Å². The van der Waals surface area contributed by atoms with Crippen molar-refractivity contribution >= 4 is 90.0 Å². The maximum Gasteiger partial charge on any atom is 0.258 e. The number of rotatable bonds is 17. The van der Waals surface area contributed by atoms with Crippen LogP contribution >= 0.6 is 0 Å². The van der Waals surface area contributed by atoms with E-state index in [1.807, 2.05) is 201 Å². The number of fused-ring (bicyclic) bond motifs is 9. The van der Waals surface area contributed by atoms with Gasteiger partial charge in [-0.05, 0) is 188 Å². The highest BCUT2D eigenvalue weighted by molar-refractivity contribution is 7.89. The Balaban J connectivity index is 0.000000104. The first-order valence-corrected chi connectivity index (χ1v) is 47.0. The molecule has 0 bridgehead atoms. The topological polar surface area (TPSA) is 248 Å². The number of nitrogens with zero attached hydrogens (tertiary/aromatic N) is 16. The van der Waals surface area contributed by atoms with Crippen LogP contribution in [0.5, 0.6) is 0 Å². The zero-order chi connectivity index (χ0) is 95.8. The maximum atomic E-state index is 14.8. The summed E-state index contributed by atoms with van der Waals surface area (Å²) in [5.74, 6) is -1.69. The van der Waals surface area contributed by atoms with Gasteiger partial charge in [0, 0.05) is 166 Å². The van der Waals surface area contributed by atoms with E-state index in [1.54, 1.807) is 114 Å². The number of sulfonamides is 1. The van der Waals surface area contributed by atoms with Crippen molar-refractivity contribution in [3.8, 4) is 33.4 Å². The van der Waals surface area contributed by atoms with Crippen molar-refractivity contribution in [3.05, 3.63) is 459 Å². The molecule has 0 radical (unpaired) electrons. The minimum Gasteiger partial charge on any atom is -0.355 e. The van der Waals surface area contributed by atoms with E-state index < -0.39 is 10.0 Å². The average Bonchev–Trinajstić information content (AvgIpc) is 1.61. The number of imidazole rings is 1. The predicted octanol–water partition coefficient (Wildman–Crippen LogP) is 20.9. The molecule has 0 saturated heterocycles. The van der Waals surface area contributed by atoms with Crippen LogP contribution in [0.2, 0.25) is 0 Å². The second-order valence-electron chi connectivity index (χ2n) is 35.1. The summed E-state index contributed by atoms with van der Waals surface area (Å²) in [6, 6.07) is 82.3. The summed E-state index contributed by atoms with van der Waals surface area (Å²) < 4.78 is 91.4. The van der Waals surface area contributed by atoms with Gasteiger partial charge in [0.1, 0.15) is 35.2 Å². The van der Waals surface area contributed by atoms with Crippen molar-refractivity contribution in [3.63, 3.8) is 0 Å². The number of hydrogen-bond donors (Lipinski definition) is 1. The quantitative estimate of drug-likeness (QED) is 0.0833. The van der Waals surface area contributed by atoms with Crippen LogP contribution in [0.4, 0.5) is 28.9 Å². The van der Waals surface area contributed by atoms with Crippen molar-refractivity contribution in [2.45, 2.75) is 83.2 Å². The molecule has 7 aromatic heterocycles. The molecule has 13 heterocycles. The largest absolute Gasteiger partial charge is 0.355 e. The third-order valence-corrected chi connectivity index (χ3v) is 27.7. The van der Waals surface area contributed by atoms with Crippen LogP contribution in [0.25, 0.3) is 72.6 Å². The zero-order valence-corrected chi connectivity index (χ0v) is 76.7. The van der Waals surface area contributed by atoms with Gasteiger partial charge in [-0.1, -0.05) is 176 Å². The van der Waals surface area contributed by atoms with Crippen LogP contribution < -0.4 is 5.32 Å². The van der Waals surface area contributed by atoms with Crippen molar-refractivity contribution in [1.29, 1.82) is 0 Å². The Morgan fingerprint density at radius 3 is 1.52 bits per heavy atom. The number of halogens is 4. The fourth-order valence-corrected chi connectivity index (χ4v) is 20.1. The number of amides is 4. The summed E-state index contributed by atoms with van der Waals surface area (Å²) in [6.07, 6.45) is 23.8. The summed E-state index contributed by atoms with van der Waals surface area (Å²) >= 11 is 0. The van der Waals surface area contributed by atoms with Gasteiger partial charge >= 0.3 is 0 Å². The van der Waals surface area contributed by atoms with E-state index in [0.717, 1.165) is 136 Å². The van der Waals surface area contributed by atoms with Crippen LogP contribution in [-0.4, -0.2) is 111 Å². The Kier molecular flexibility index (Phi) is 24.4. The fourth-order valence-electron chi connectivity index (χ4n) is 18.5. The second kappa shape index (κ2) is 38.2. The van der Waals surface area contributed by atoms with Crippen LogP contribution in [0.3, 0.4) is 0 Å². The molecule has 4 amide bonds. The first-order valence-electron chi connectivity index (χ1n) is 45.6. The number of allylic oxidation sites excluding steroid dienone is 2. The van der Waals surface area contributed by atoms with Gasteiger partial charge in [-0.3, -0.25) is 43.5 Å². The lowest BCUT2D eigenvalue weighted by Crippen LogP contribution is -2.23. The molecule has 6 aliphatic heterocycles. The maximum absolute atomic E-state index is 14.8. The minimum atomic E-state index is -3.41. The van der Waals surface area contributed by atoms with E-state index in [-0.39, 0.29) is 73.1 Å². The normalized spacial score (nSPS) is 14.4. The van der Waals surface area contributed by atoms with Crippen molar-refractivity contribution in [2.24, 2.45) is 19.1 Å². The molecule has 0 unspecified atom stereocenters. The van der Waals surface area contributed by atoms with Gasteiger partial charge in [-0.15, -0.1) is 0 Å². The molecule has 1 N–H and O–H groups in total. The molecule has 0 saturated carbocycles. The number of aliphatic imine (C=N–C) groups is 1. The van der Waals surface area contributed by atoms with Crippen LogP contribution in [0.1, 0.15) is 126 Å². The number of aromatic nitrogens is 10. The van der Waals surface area contributed by atoms with Gasteiger partial charge in [0.25, 0.3) is 23.6 Å². The minimum absolute atomic E-state index is 0.0276. The highest BCUT2D eigenvalue weighted by atomic mass is 32.2. The van der Waals surface area contributed by atoms with Gasteiger partial charge in [0.15, 0.2) is 0 Å². The van der Waals surface area contributed by atoms with E-state index in [0.29, 0.717) is 94.5 Å². The van der Waals surface area contributed by atoms with Gasteiger partial charge < -0.3 is 29.3 Å². The molecule has 0 atom stereocenters. The number of pyridine rings is 3. The molecule has 0 spiro atoms. The van der Waals surface area contributed by atoms with Crippen LogP contribution in [0.15, 0.2) is 345 Å². The highest BCUT2D eigenvalue weighted by Gasteiger charge is 2.36. The van der Waals surface area contributed by atoms with Gasteiger partial charge in [-0.25, -0.2) is 40.9 Å². The number of nitrogens with one attached hydrogen (secondary N) is 1. The predicted molar refractivity (Wildman–Crippen MR) is 528 cm³/mol. The Hall–Kier alpha value is -17.1. The number of benzene rings is 11. The molecule has 18 aromatic rings. The van der Waals surface area contributed by atoms with Crippen LogP contribution in [-0.2, 0) is 96.0 Å². The van der Waals surface area contributed by atoms with E-state index in [4.69, 9.17) is 4.99 Å². The molecule has 1 aliphatic carbocycles. The van der Waals surface area contributed by atoms with E-state index in [9.17, 15) is 45.2 Å². The van der Waals surface area contributed by atoms with Crippen molar-refractivity contribution in [1.82, 2.24) is 72.8 Å². The smallest absolute Gasteiger partial charge is 0.258 e. The fraction of sp³-hybridized carbons (Fsp3) is 0.125. The summed E-state index contributed by atoms with van der Waals surface area (Å²) in [5.41, 5.74) is 25.6. The third-order valence-electron chi connectivity index (χ3n) is 25.8. The van der Waals surface area contributed by atoms with Gasteiger partial charge in [-0.2, -0.15) is 14.5 Å². The van der Waals surface area contributed by atoms with Crippen LogP contribution in [0, 0.1) is 23.3 Å². The summed E-state index contributed by atoms with van der Waals surface area (Å²) in [6.45, 7) is 3.43. The zero-order valence-electron chi connectivity index (χ0n) is 75.8. The molecule has 0 fully saturated rings. The molecule has 7 aliphatic rings. The molecule has 28 heteroatoms. The van der Waals surface area contributed by atoms with Crippen molar-refractivity contribution in [2.75, 3.05) is 5.32 Å². The summed E-state index contributed by atoms with van der Waals surface area (Å²) in [5, 5.41) is 13.9.